The van der Waals surface area contributed by atoms with Gasteiger partial charge in [0.15, 0.2) is 6.61 Å². The lowest BCUT2D eigenvalue weighted by Crippen LogP contribution is -2.46. The quantitative estimate of drug-likeness (QED) is 0.474. The monoisotopic (exact) mass is 487 g/mol. The van der Waals surface area contributed by atoms with Crippen LogP contribution in [0.5, 0.6) is 5.75 Å². The summed E-state index contributed by atoms with van der Waals surface area (Å²) in [6.07, 6.45) is 0. The molecular weight excluding hydrogens is 454 g/mol. The first-order chi connectivity index (χ1) is 17.4. The molecule has 0 atom stereocenters. The molecule has 1 N–H and O–H groups in total. The molecule has 1 saturated heterocycles. The van der Waals surface area contributed by atoms with E-state index in [4.69, 9.17) is 9.47 Å². The van der Waals surface area contributed by atoms with E-state index in [2.05, 4.69) is 39.4 Å². The molecule has 1 heterocycles. The van der Waals surface area contributed by atoms with E-state index in [1.165, 1.54) is 18.2 Å². The van der Waals surface area contributed by atoms with Crippen LogP contribution in [-0.2, 0) is 16.1 Å². The molecule has 0 aromatic heterocycles. The number of carbonyl (C=O) groups is 2. The highest BCUT2D eigenvalue weighted by atomic mass is 16.5. The summed E-state index contributed by atoms with van der Waals surface area (Å²) < 4.78 is 10.6. The van der Waals surface area contributed by atoms with E-state index < -0.39 is 5.97 Å². The van der Waals surface area contributed by atoms with E-state index in [1.54, 1.807) is 12.1 Å². The van der Waals surface area contributed by atoms with Crippen LogP contribution >= 0.6 is 0 Å². The van der Waals surface area contributed by atoms with E-state index in [-0.39, 0.29) is 12.5 Å². The average Bonchev–Trinajstić information content (AvgIpc) is 2.90. The number of benzene rings is 3. The summed E-state index contributed by atoms with van der Waals surface area (Å²) in [5.41, 5.74) is 5.40. The fourth-order valence-electron chi connectivity index (χ4n) is 4.28. The van der Waals surface area contributed by atoms with Crippen LogP contribution in [0.1, 0.15) is 27.0 Å². The smallest absolute Gasteiger partial charge is 0.337 e. The van der Waals surface area contributed by atoms with E-state index in [1.807, 2.05) is 44.2 Å². The Labute approximate surface area is 212 Å². The molecule has 0 aliphatic carbocycles. The van der Waals surface area contributed by atoms with Crippen molar-refractivity contribution >= 4 is 23.3 Å². The van der Waals surface area contributed by atoms with Crippen LogP contribution in [0.3, 0.4) is 0 Å². The second kappa shape index (κ2) is 11.7. The molecule has 0 unspecified atom stereocenters. The minimum absolute atomic E-state index is 0.130. The predicted octanol–water partition coefficient (Wildman–Crippen LogP) is 4.43. The number of nitrogens with zero attached hydrogens (tertiary/aromatic N) is 2. The highest BCUT2D eigenvalue weighted by Crippen LogP contribution is 2.29. The van der Waals surface area contributed by atoms with Gasteiger partial charge in [-0.1, -0.05) is 36.4 Å². The third kappa shape index (κ3) is 6.43. The Morgan fingerprint density at radius 3 is 2.33 bits per heavy atom. The van der Waals surface area contributed by atoms with Crippen LogP contribution < -0.4 is 15.0 Å². The molecule has 1 aliphatic rings. The Balaban J connectivity index is 1.43. The van der Waals surface area contributed by atoms with Crippen LogP contribution in [-0.4, -0.2) is 56.7 Å². The maximum Gasteiger partial charge on any atom is 0.337 e. The Bertz CT molecular complexity index is 1200. The van der Waals surface area contributed by atoms with E-state index in [0.717, 1.165) is 44.0 Å². The number of anilines is 2. The van der Waals surface area contributed by atoms with Crippen molar-refractivity contribution in [1.82, 2.24) is 4.90 Å². The molecule has 7 nitrogen and oxygen atoms in total. The number of esters is 1. The SMILES string of the molecule is COC(=O)c1ccc(N2CCN(Cc3ccccc3)CC2)c(NC(=O)COc2ccc(C)c(C)c2)c1. The van der Waals surface area contributed by atoms with Gasteiger partial charge in [0, 0.05) is 32.7 Å². The topological polar surface area (TPSA) is 71.1 Å². The van der Waals surface area contributed by atoms with E-state index in [9.17, 15) is 9.59 Å². The van der Waals surface area contributed by atoms with Crippen LogP contribution in [0.2, 0.25) is 0 Å². The molecular formula is C29H33N3O4. The van der Waals surface area contributed by atoms with Crippen LogP contribution in [0.25, 0.3) is 0 Å². The van der Waals surface area contributed by atoms with Gasteiger partial charge >= 0.3 is 5.97 Å². The highest BCUT2D eigenvalue weighted by Gasteiger charge is 2.21. The zero-order valence-corrected chi connectivity index (χ0v) is 21.1. The summed E-state index contributed by atoms with van der Waals surface area (Å²) in [6.45, 7) is 8.24. The normalized spacial score (nSPS) is 13.8. The summed E-state index contributed by atoms with van der Waals surface area (Å²) in [6, 6.07) is 21.5. The standard InChI is InChI=1S/C29H33N3O4/c1-21-9-11-25(17-22(21)2)36-20-28(33)30-26-18-24(29(34)35-3)10-12-27(26)32-15-13-31(14-16-32)19-23-7-5-4-6-8-23/h4-12,17-18H,13-16,19-20H2,1-3H3,(H,30,33). The Kier molecular flexibility index (Phi) is 8.23. The molecule has 1 amide bonds. The summed E-state index contributed by atoms with van der Waals surface area (Å²) >= 11 is 0. The van der Waals surface area contributed by atoms with Gasteiger partial charge in [-0.3, -0.25) is 9.69 Å². The summed E-state index contributed by atoms with van der Waals surface area (Å²) in [4.78, 5) is 29.6. The number of piperazine rings is 1. The number of hydrogen-bond acceptors (Lipinski definition) is 6. The molecule has 1 fully saturated rings. The van der Waals surface area contributed by atoms with Gasteiger partial charge in [0.25, 0.3) is 5.91 Å². The molecule has 36 heavy (non-hydrogen) atoms. The third-order valence-electron chi connectivity index (χ3n) is 6.50. The number of hydrogen-bond donors (Lipinski definition) is 1. The fraction of sp³-hybridized carbons (Fsp3) is 0.310. The van der Waals surface area contributed by atoms with Gasteiger partial charge in [0.05, 0.1) is 24.0 Å². The number of rotatable bonds is 8. The average molecular weight is 488 g/mol. The molecule has 188 valence electrons. The molecule has 3 aromatic rings. The van der Waals surface area contributed by atoms with Crippen molar-refractivity contribution in [2.75, 3.05) is 50.1 Å². The summed E-state index contributed by atoms with van der Waals surface area (Å²) in [7, 11) is 1.35. The van der Waals surface area contributed by atoms with E-state index in [0.29, 0.717) is 17.0 Å². The van der Waals surface area contributed by atoms with Crippen molar-refractivity contribution in [3.05, 3.63) is 89.0 Å². The number of aryl methyl sites for hydroxylation is 2. The molecule has 7 heteroatoms. The van der Waals surface area contributed by atoms with Gasteiger partial charge in [-0.05, 0) is 60.9 Å². The van der Waals surface area contributed by atoms with Crippen molar-refractivity contribution in [3.63, 3.8) is 0 Å². The number of nitrogens with one attached hydrogen (secondary N) is 1. The maximum absolute atomic E-state index is 12.8. The second-order valence-electron chi connectivity index (χ2n) is 9.06. The lowest BCUT2D eigenvalue weighted by Gasteiger charge is -2.37. The van der Waals surface area contributed by atoms with Crippen molar-refractivity contribution < 1.29 is 19.1 Å². The maximum atomic E-state index is 12.8. The van der Waals surface area contributed by atoms with Gasteiger partial charge in [-0.25, -0.2) is 4.79 Å². The summed E-state index contributed by atoms with van der Waals surface area (Å²) in [5, 5.41) is 2.95. The zero-order valence-electron chi connectivity index (χ0n) is 21.1. The van der Waals surface area contributed by atoms with Gasteiger partial charge in [0.2, 0.25) is 0 Å². The lowest BCUT2D eigenvalue weighted by molar-refractivity contribution is -0.118. The van der Waals surface area contributed by atoms with Gasteiger partial charge in [-0.15, -0.1) is 0 Å². The van der Waals surface area contributed by atoms with Crippen LogP contribution in [0.15, 0.2) is 66.7 Å². The molecule has 4 rings (SSSR count). The van der Waals surface area contributed by atoms with Gasteiger partial charge in [-0.2, -0.15) is 0 Å². The van der Waals surface area contributed by atoms with Crippen LogP contribution in [0.4, 0.5) is 11.4 Å². The molecule has 0 spiro atoms. The van der Waals surface area contributed by atoms with E-state index >= 15 is 0 Å². The molecule has 0 saturated carbocycles. The first kappa shape index (κ1) is 25.3. The minimum atomic E-state index is -0.448. The predicted molar refractivity (Wildman–Crippen MR) is 142 cm³/mol. The highest BCUT2D eigenvalue weighted by molar-refractivity contribution is 5.98. The number of ether oxygens (including phenoxy) is 2. The van der Waals surface area contributed by atoms with Crippen molar-refractivity contribution in [2.45, 2.75) is 20.4 Å². The molecule has 0 bridgehead atoms. The molecule has 0 radical (unpaired) electrons. The summed E-state index contributed by atoms with van der Waals surface area (Å²) in [5.74, 6) is -0.0957. The van der Waals surface area contributed by atoms with Crippen molar-refractivity contribution in [2.24, 2.45) is 0 Å². The Morgan fingerprint density at radius 1 is 0.889 bits per heavy atom. The van der Waals surface area contributed by atoms with Crippen molar-refractivity contribution in [1.29, 1.82) is 0 Å². The van der Waals surface area contributed by atoms with Crippen LogP contribution in [0, 0.1) is 13.8 Å². The first-order valence-corrected chi connectivity index (χ1v) is 12.2. The second-order valence-corrected chi connectivity index (χ2v) is 9.06. The third-order valence-corrected chi connectivity index (χ3v) is 6.50. The molecule has 3 aromatic carbocycles. The Hall–Kier alpha value is -3.84. The number of methoxy groups -OCH3 is 1. The zero-order chi connectivity index (χ0) is 25.5. The number of carbonyl (C=O) groups excluding carboxylic acids is 2. The fourth-order valence-corrected chi connectivity index (χ4v) is 4.28. The molecule has 1 aliphatic heterocycles. The lowest BCUT2D eigenvalue weighted by atomic mass is 10.1. The number of amides is 1. The first-order valence-electron chi connectivity index (χ1n) is 12.2. The largest absolute Gasteiger partial charge is 0.484 e. The van der Waals surface area contributed by atoms with Crippen molar-refractivity contribution in [3.8, 4) is 5.75 Å². The minimum Gasteiger partial charge on any atom is -0.484 e. The Morgan fingerprint density at radius 2 is 1.64 bits per heavy atom. The van der Waals surface area contributed by atoms with Gasteiger partial charge in [0.1, 0.15) is 5.75 Å². The van der Waals surface area contributed by atoms with Gasteiger partial charge < -0.3 is 19.7 Å².